The molecule has 0 aromatic heterocycles. The number of nitrogens with zero attached hydrogens (tertiary/aromatic N) is 2. The summed E-state index contributed by atoms with van der Waals surface area (Å²) in [5.41, 5.74) is 2.20. The van der Waals surface area contributed by atoms with Crippen molar-refractivity contribution in [2.45, 2.75) is 39.8 Å². The van der Waals surface area contributed by atoms with E-state index in [0.717, 1.165) is 30.3 Å². The van der Waals surface area contributed by atoms with Crippen LogP contribution in [0.2, 0.25) is 0 Å². The number of nitrogens with one attached hydrogen (secondary N) is 3. The Morgan fingerprint density at radius 2 is 1.96 bits per heavy atom. The normalized spacial score (nSPS) is 15.3. The number of carbonyl (C=O) groups is 1. The van der Waals surface area contributed by atoms with Crippen LogP contribution in [-0.2, 0) is 11.3 Å². The van der Waals surface area contributed by atoms with Gasteiger partial charge >= 0.3 is 0 Å². The molecule has 0 saturated carbocycles. The van der Waals surface area contributed by atoms with E-state index >= 15 is 0 Å². The molecule has 140 valence electrons. The molecule has 1 aromatic carbocycles. The monoisotopic (exact) mass is 459 g/mol. The third-order valence-corrected chi connectivity index (χ3v) is 3.60. The second-order valence-electron chi connectivity index (χ2n) is 7.01. The molecule has 7 heteroatoms. The molecule has 6 nitrogen and oxygen atoms in total. The number of aliphatic imine (C=N–C) groups is 1. The van der Waals surface area contributed by atoms with Gasteiger partial charge in [0.25, 0.3) is 0 Å². The Labute approximate surface area is 167 Å². The van der Waals surface area contributed by atoms with Gasteiger partial charge in [-0.25, -0.2) is 4.99 Å². The first kappa shape index (κ1) is 21.5. The molecule has 0 radical (unpaired) electrons. The van der Waals surface area contributed by atoms with Crippen molar-refractivity contribution >= 4 is 41.5 Å². The van der Waals surface area contributed by atoms with Crippen LogP contribution in [0.15, 0.2) is 29.3 Å². The molecule has 1 amide bonds. The number of halogens is 1. The average molecular weight is 459 g/mol. The maximum absolute atomic E-state index is 11.5. The molecule has 1 saturated heterocycles. The molecule has 0 aliphatic carbocycles. The van der Waals surface area contributed by atoms with Crippen LogP contribution in [0.1, 0.15) is 33.3 Å². The lowest BCUT2D eigenvalue weighted by atomic mass is 10.1. The number of hydrogen-bond donors (Lipinski definition) is 3. The first-order valence-corrected chi connectivity index (χ1v) is 8.54. The van der Waals surface area contributed by atoms with E-state index in [-0.39, 0.29) is 35.4 Å². The molecule has 1 aliphatic heterocycles. The van der Waals surface area contributed by atoms with Crippen molar-refractivity contribution in [1.82, 2.24) is 16.0 Å². The van der Waals surface area contributed by atoms with Crippen molar-refractivity contribution in [1.29, 1.82) is 0 Å². The van der Waals surface area contributed by atoms with Crippen LogP contribution < -0.4 is 20.9 Å². The lowest BCUT2D eigenvalue weighted by Crippen LogP contribution is -2.47. The summed E-state index contributed by atoms with van der Waals surface area (Å²) in [6.45, 7) is 11.8. The quantitative estimate of drug-likeness (QED) is 0.367. The van der Waals surface area contributed by atoms with Crippen molar-refractivity contribution in [3.63, 3.8) is 0 Å². The largest absolute Gasteiger partial charge is 0.360 e. The summed E-state index contributed by atoms with van der Waals surface area (Å²) >= 11 is 0. The molecule has 0 spiro atoms. The molecule has 0 bridgehead atoms. The Balaban J connectivity index is 0.00000312. The van der Waals surface area contributed by atoms with Crippen molar-refractivity contribution in [2.24, 2.45) is 4.99 Å². The fraction of sp³-hybridized carbons (Fsp3) is 0.556. The van der Waals surface area contributed by atoms with Gasteiger partial charge in [-0.1, -0.05) is 12.1 Å². The van der Waals surface area contributed by atoms with Crippen LogP contribution in [0.4, 0.5) is 5.69 Å². The molecule has 1 heterocycles. The number of guanidine groups is 1. The molecular weight excluding hydrogens is 429 g/mol. The van der Waals surface area contributed by atoms with Crippen LogP contribution in [-0.4, -0.2) is 43.6 Å². The zero-order chi connectivity index (χ0) is 17.6. The summed E-state index contributed by atoms with van der Waals surface area (Å²) in [6, 6.07) is 8.28. The van der Waals surface area contributed by atoms with Gasteiger partial charge in [0.1, 0.15) is 0 Å². The van der Waals surface area contributed by atoms with E-state index in [4.69, 9.17) is 0 Å². The Hall–Kier alpha value is -1.51. The smallest absolute Gasteiger partial charge is 0.239 e. The third-order valence-electron chi connectivity index (χ3n) is 3.60. The van der Waals surface area contributed by atoms with Gasteiger partial charge in [0, 0.05) is 30.9 Å². The second kappa shape index (κ2) is 9.84. The number of hydrogen-bond acceptors (Lipinski definition) is 3. The summed E-state index contributed by atoms with van der Waals surface area (Å²) in [6.07, 6.45) is 0. The van der Waals surface area contributed by atoms with Crippen molar-refractivity contribution < 1.29 is 4.79 Å². The maximum Gasteiger partial charge on any atom is 0.239 e. The van der Waals surface area contributed by atoms with Gasteiger partial charge in [0.15, 0.2) is 5.96 Å². The van der Waals surface area contributed by atoms with Crippen molar-refractivity contribution in [2.75, 3.05) is 31.1 Å². The topological polar surface area (TPSA) is 68.8 Å². The fourth-order valence-electron chi connectivity index (χ4n) is 2.50. The molecule has 2 rings (SSSR count). The van der Waals surface area contributed by atoms with Gasteiger partial charge in [-0.2, -0.15) is 0 Å². The summed E-state index contributed by atoms with van der Waals surface area (Å²) in [5.74, 6) is 0.903. The molecule has 1 fully saturated rings. The lowest BCUT2D eigenvalue weighted by molar-refractivity contribution is -0.120. The standard InChI is InChI=1S/C18H29N5O.HI/c1-5-19-17(22-18(2,3)4)21-12-14-6-8-15(9-7-14)23-11-10-20-16(24)13-23;/h6-9H,5,10-13H2,1-4H3,(H,20,24)(H2,19,21,22);1H. The Kier molecular flexibility index (Phi) is 8.47. The molecule has 1 aromatic rings. The van der Waals surface area contributed by atoms with Crippen LogP contribution in [0.3, 0.4) is 0 Å². The molecule has 3 N–H and O–H groups in total. The lowest BCUT2D eigenvalue weighted by Gasteiger charge is -2.28. The van der Waals surface area contributed by atoms with Crippen molar-refractivity contribution in [3.05, 3.63) is 29.8 Å². The summed E-state index contributed by atoms with van der Waals surface area (Å²) in [5, 5.41) is 9.49. The number of anilines is 1. The predicted molar refractivity (Wildman–Crippen MR) is 115 cm³/mol. The van der Waals surface area contributed by atoms with E-state index in [1.165, 1.54) is 0 Å². The van der Waals surface area contributed by atoms with Gasteiger partial charge in [-0.15, -0.1) is 24.0 Å². The zero-order valence-corrected chi connectivity index (χ0v) is 17.9. The number of piperazine rings is 1. The molecular formula is C18H30IN5O. The zero-order valence-electron chi connectivity index (χ0n) is 15.6. The Morgan fingerprint density at radius 3 is 2.52 bits per heavy atom. The van der Waals surface area contributed by atoms with Crippen molar-refractivity contribution in [3.8, 4) is 0 Å². The highest BCUT2D eigenvalue weighted by Gasteiger charge is 2.16. The summed E-state index contributed by atoms with van der Waals surface area (Å²) in [7, 11) is 0. The second-order valence-corrected chi connectivity index (χ2v) is 7.01. The average Bonchev–Trinajstić information content (AvgIpc) is 2.52. The van der Waals surface area contributed by atoms with Gasteiger partial charge < -0.3 is 20.9 Å². The first-order chi connectivity index (χ1) is 11.4. The predicted octanol–water partition coefficient (Wildman–Crippen LogP) is 2.09. The van der Waals surface area contributed by atoms with E-state index in [1.807, 2.05) is 0 Å². The molecule has 0 atom stereocenters. The van der Waals surface area contributed by atoms with E-state index < -0.39 is 0 Å². The molecule has 0 unspecified atom stereocenters. The van der Waals surface area contributed by atoms with Crippen LogP contribution in [0, 0.1) is 0 Å². The number of rotatable bonds is 4. The summed E-state index contributed by atoms with van der Waals surface area (Å²) < 4.78 is 0. The highest BCUT2D eigenvalue weighted by atomic mass is 127. The van der Waals surface area contributed by atoms with Gasteiger partial charge in [0.05, 0.1) is 13.1 Å². The minimum Gasteiger partial charge on any atom is -0.360 e. The highest BCUT2D eigenvalue weighted by molar-refractivity contribution is 14.0. The molecule has 25 heavy (non-hydrogen) atoms. The Morgan fingerprint density at radius 1 is 1.28 bits per heavy atom. The van der Waals surface area contributed by atoms with E-state index in [9.17, 15) is 4.79 Å². The van der Waals surface area contributed by atoms with Crippen LogP contribution in [0.5, 0.6) is 0 Å². The number of carbonyl (C=O) groups excluding carboxylic acids is 1. The van der Waals surface area contributed by atoms with Crippen LogP contribution >= 0.6 is 24.0 Å². The summed E-state index contributed by atoms with van der Waals surface area (Å²) in [4.78, 5) is 18.2. The van der Waals surface area contributed by atoms with Crippen LogP contribution in [0.25, 0.3) is 0 Å². The Bertz CT molecular complexity index is 580. The SMILES string of the molecule is CCNC(=NCc1ccc(N2CCNC(=O)C2)cc1)NC(C)(C)C.I. The van der Waals surface area contributed by atoms with Gasteiger partial charge in [-0.3, -0.25) is 4.79 Å². The van der Waals surface area contributed by atoms with Gasteiger partial charge in [-0.05, 0) is 45.4 Å². The fourth-order valence-corrected chi connectivity index (χ4v) is 2.50. The number of benzene rings is 1. The maximum atomic E-state index is 11.5. The minimum atomic E-state index is -0.0281. The first-order valence-electron chi connectivity index (χ1n) is 8.54. The van der Waals surface area contributed by atoms with Gasteiger partial charge in [0.2, 0.25) is 5.91 Å². The third kappa shape index (κ3) is 7.50. The molecule has 1 aliphatic rings. The number of amides is 1. The highest BCUT2D eigenvalue weighted by Crippen LogP contribution is 2.16. The van der Waals surface area contributed by atoms with E-state index in [1.54, 1.807) is 0 Å². The minimum absolute atomic E-state index is 0. The van der Waals surface area contributed by atoms with E-state index in [2.05, 4.69) is 77.8 Å². The van der Waals surface area contributed by atoms with E-state index in [0.29, 0.717) is 19.6 Å².